The quantitative estimate of drug-likeness (QED) is 0.721. The zero-order chi connectivity index (χ0) is 11.9. The molecule has 0 aliphatic carbocycles. The number of nitrogens with zero attached hydrogens (tertiary/aromatic N) is 1. The highest BCUT2D eigenvalue weighted by Gasteiger charge is 2.10. The van der Waals surface area contributed by atoms with Crippen LogP contribution in [0.25, 0.3) is 0 Å². The minimum atomic E-state index is 0.837. The molecule has 1 aromatic carbocycles. The van der Waals surface area contributed by atoms with Gasteiger partial charge in [0.1, 0.15) is 5.75 Å². The Morgan fingerprint density at radius 3 is 2.76 bits per heavy atom. The van der Waals surface area contributed by atoms with E-state index >= 15 is 0 Å². The number of benzene rings is 1. The van der Waals surface area contributed by atoms with Crippen molar-refractivity contribution in [1.29, 1.82) is 0 Å². The van der Waals surface area contributed by atoms with Gasteiger partial charge >= 0.3 is 0 Å². The highest BCUT2D eigenvalue weighted by atomic mass is 32.2. The predicted octanol–water partition coefficient (Wildman–Crippen LogP) is 3.16. The molecule has 1 aliphatic rings. The molecule has 1 heterocycles. The number of hydrogen-bond acceptors (Lipinski definition) is 3. The smallest absolute Gasteiger partial charge is 0.119 e. The Balaban J connectivity index is 1.55. The lowest BCUT2D eigenvalue weighted by molar-refractivity contribution is 0.284. The third-order valence-electron chi connectivity index (χ3n) is 2.98. The van der Waals surface area contributed by atoms with Crippen molar-refractivity contribution >= 4 is 11.8 Å². The molecule has 0 N–H and O–H groups in total. The molecule has 1 aliphatic heterocycles. The van der Waals surface area contributed by atoms with E-state index in [0.717, 1.165) is 18.8 Å². The van der Waals surface area contributed by atoms with Crippen molar-refractivity contribution in [2.75, 3.05) is 31.3 Å². The van der Waals surface area contributed by atoms with E-state index in [1.165, 1.54) is 36.7 Å². The molecule has 94 valence electrons. The highest BCUT2D eigenvalue weighted by Crippen LogP contribution is 2.14. The van der Waals surface area contributed by atoms with E-state index in [-0.39, 0.29) is 0 Å². The molecule has 0 saturated carbocycles. The monoisotopic (exact) mass is 251 g/mol. The minimum absolute atomic E-state index is 0.837. The molecular weight excluding hydrogens is 230 g/mol. The van der Waals surface area contributed by atoms with E-state index in [1.54, 1.807) is 0 Å². The van der Waals surface area contributed by atoms with Gasteiger partial charge in [-0.15, -0.1) is 11.8 Å². The molecule has 1 saturated heterocycles. The molecular formula is C14H21NOS. The Hall–Kier alpha value is -0.670. The van der Waals surface area contributed by atoms with Gasteiger partial charge in [-0.2, -0.15) is 0 Å². The van der Waals surface area contributed by atoms with Gasteiger partial charge in [-0.1, -0.05) is 17.7 Å². The predicted molar refractivity (Wildman–Crippen MR) is 74.8 cm³/mol. The van der Waals surface area contributed by atoms with Crippen LogP contribution in [0.15, 0.2) is 24.3 Å². The van der Waals surface area contributed by atoms with Crippen molar-refractivity contribution < 1.29 is 4.74 Å². The third-order valence-corrected chi connectivity index (χ3v) is 4.00. The summed E-state index contributed by atoms with van der Waals surface area (Å²) in [6, 6.07) is 8.28. The lowest BCUT2D eigenvalue weighted by Crippen LogP contribution is -2.21. The summed E-state index contributed by atoms with van der Waals surface area (Å²) in [5.41, 5.74) is 1.28. The van der Waals surface area contributed by atoms with Crippen LogP contribution in [-0.2, 0) is 0 Å². The standard InChI is InChI=1S/C14H21NOS/c1-13-4-6-14(7-5-13)16-10-3-2-8-15-9-11-17-12-15/h4-7H,2-3,8-12H2,1H3. The summed E-state index contributed by atoms with van der Waals surface area (Å²) >= 11 is 2.04. The average Bonchev–Trinajstić information content (AvgIpc) is 2.84. The normalized spacial score (nSPS) is 16.3. The second-order valence-electron chi connectivity index (χ2n) is 4.52. The van der Waals surface area contributed by atoms with Crippen LogP contribution in [0.5, 0.6) is 5.75 Å². The molecule has 0 spiro atoms. The van der Waals surface area contributed by atoms with E-state index in [9.17, 15) is 0 Å². The Bertz CT molecular complexity index is 319. The number of ether oxygens (including phenoxy) is 1. The first-order valence-corrected chi connectivity index (χ1v) is 7.49. The van der Waals surface area contributed by atoms with Crippen LogP contribution in [0.2, 0.25) is 0 Å². The summed E-state index contributed by atoms with van der Waals surface area (Å²) in [6.07, 6.45) is 2.39. The SMILES string of the molecule is Cc1ccc(OCCCCN2CCSC2)cc1. The molecule has 1 fully saturated rings. The van der Waals surface area contributed by atoms with Gasteiger partial charge in [0.15, 0.2) is 0 Å². The largest absolute Gasteiger partial charge is 0.494 e. The van der Waals surface area contributed by atoms with Gasteiger partial charge < -0.3 is 4.74 Å². The Labute approximate surface area is 108 Å². The Morgan fingerprint density at radius 1 is 1.24 bits per heavy atom. The summed E-state index contributed by atoms with van der Waals surface area (Å²) in [5.74, 6) is 3.52. The lowest BCUT2D eigenvalue weighted by Gasteiger charge is -2.13. The van der Waals surface area contributed by atoms with Gasteiger partial charge in [-0.25, -0.2) is 0 Å². The van der Waals surface area contributed by atoms with E-state index in [4.69, 9.17) is 4.74 Å². The van der Waals surface area contributed by atoms with Crippen LogP contribution in [0.1, 0.15) is 18.4 Å². The van der Waals surface area contributed by atoms with Gasteiger partial charge in [0.05, 0.1) is 6.61 Å². The number of rotatable bonds is 6. The first-order chi connectivity index (χ1) is 8.34. The Morgan fingerprint density at radius 2 is 2.06 bits per heavy atom. The first-order valence-electron chi connectivity index (χ1n) is 6.34. The number of thioether (sulfide) groups is 1. The molecule has 17 heavy (non-hydrogen) atoms. The molecule has 0 unspecified atom stereocenters. The summed E-state index contributed by atoms with van der Waals surface area (Å²) in [5, 5.41) is 0. The molecule has 2 nitrogen and oxygen atoms in total. The van der Waals surface area contributed by atoms with Gasteiger partial charge in [0, 0.05) is 18.2 Å². The third kappa shape index (κ3) is 4.60. The number of unbranched alkanes of at least 4 members (excludes halogenated alkanes) is 1. The van der Waals surface area contributed by atoms with Crippen molar-refractivity contribution in [3.63, 3.8) is 0 Å². The highest BCUT2D eigenvalue weighted by molar-refractivity contribution is 7.99. The van der Waals surface area contributed by atoms with Gasteiger partial charge in [-0.05, 0) is 38.4 Å². The van der Waals surface area contributed by atoms with Crippen LogP contribution < -0.4 is 4.74 Å². The fourth-order valence-electron chi connectivity index (χ4n) is 1.89. The van der Waals surface area contributed by atoms with Crippen molar-refractivity contribution in [3.8, 4) is 5.75 Å². The topological polar surface area (TPSA) is 12.5 Å². The zero-order valence-corrected chi connectivity index (χ0v) is 11.3. The summed E-state index contributed by atoms with van der Waals surface area (Å²) in [4.78, 5) is 2.52. The fourth-order valence-corrected chi connectivity index (χ4v) is 2.92. The van der Waals surface area contributed by atoms with E-state index < -0.39 is 0 Å². The summed E-state index contributed by atoms with van der Waals surface area (Å²) < 4.78 is 5.70. The van der Waals surface area contributed by atoms with Crippen LogP contribution in [0.3, 0.4) is 0 Å². The maximum atomic E-state index is 5.70. The lowest BCUT2D eigenvalue weighted by atomic mass is 10.2. The molecule has 1 aromatic rings. The molecule has 0 bridgehead atoms. The second-order valence-corrected chi connectivity index (χ2v) is 5.60. The molecule has 0 amide bonds. The van der Waals surface area contributed by atoms with Crippen LogP contribution in [-0.4, -0.2) is 36.2 Å². The van der Waals surface area contributed by atoms with Crippen molar-refractivity contribution in [1.82, 2.24) is 4.90 Å². The average molecular weight is 251 g/mol. The van der Waals surface area contributed by atoms with Gasteiger partial charge in [-0.3, -0.25) is 4.90 Å². The van der Waals surface area contributed by atoms with Crippen LogP contribution >= 0.6 is 11.8 Å². The zero-order valence-electron chi connectivity index (χ0n) is 10.5. The van der Waals surface area contributed by atoms with Crippen LogP contribution in [0, 0.1) is 6.92 Å². The molecule has 0 atom stereocenters. The maximum absolute atomic E-state index is 5.70. The Kier molecular flexibility index (Phi) is 5.20. The second kappa shape index (κ2) is 6.92. The van der Waals surface area contributed by atoms with Gasteiger partial charge in [0.25, 0.3) is 0 Å². The fraction of sp³-hybridized carbons (Fsp3) is 0.571. The first kappa shape index (κ1) is 12.8. The number of aryl methyl sites for hydroxylation is 1. The molecule has 0 aromatic heterocycles. The molecule has 0 radical (unpaired) electrons. The van der Waals surface area contributed by atoms with Crippen molar-refractivity contribution in [3.05, 3.63) is 29.8 Å². The number of hydrogen-bond donors (Lipinski definition) is 0. The molecule has 3 heteroatoms. The van der Waals surface area contributed by atoms with Crippen LogP contribution in [0.4, 0.5) is 0 Å². The van der Waals surface area contributed by atoms with E-state index in [0.29, 0.717) is 0 Å². The maximum Gasteiger partial charge on any atom is 0.119 e. The van der Waals surface area contributed by atoms with E-state index in [2.05, 4.69) is 24.0 Å². The van der Waals surface area contributed by atoms with Crippen molar-refractivity contribution in [2.45, 2.75) is 19.8 Å². The van der Waals surface area contributed by atoms with E-state index in [1.807, 2.05) is 23.9 Å². The summed E-state index contributed by atoms with van der Waals surface area (Å²) in [6.45, 7) is 5.43. The van der Waals surface area contributed by atoms with Crippen molar-refractivity contribution in [2.24, 2.45) is 0 Å². The van der Waals surface area contributed by atoms with Gasteiger partial charge in [0.2, 0.25) is 0 Å². The minimum Gasteiger partial charge on any atom is -0.494 e. The summed E-state index contributed by atoms with van der Waals surface area (Å²) in [7, 11) is 0. The molecule has 2 rings (SSSR count).